The Balaban J connectivity index is 2.09. The number of hydrogen-bond donors (Lipinski definition) is 1. The van der Waals surface area contributed by atoms with E-state index < -0.39 is 0 Å². The van der Waals surface area contributed by atoms with Crippen molar-refractivity contribution < 1.29 is 0 Å². The van der Waals surface area contributed by atoms with Gasteiger partial charge >= 0.3 is 0 Å². The molecule has 0 spiro atoms. The molecular formula is C14H19IN4. The lowest BCUT2D eigenvalue weighted by Crippen LogP contribution is -2.19. The van der Waals surface area contributed by atoms with Crippen molar-refractivity contribution in [2.45, 2.75) is 27.3 Å². The number of aryl methyl sites for hydroxylation is 1. The third-order valence-corrected chi connectivity index (χ3v) is 3.31. The van der Waals surface area contributed by atoms with Gasteiger partial charge in [0.1, 0.15) is 0 Å². The summed E-state index contributed by atoms with van der Waals surface area (Å²) in [4.78, 5) is 4.52. The van der Waals surface area contributed by atoms with Crippen molar-refractivity contribution in [3.63, 3.8) is 0 Å². The van der Waals surface area contributed by atoms with Crippen molar-refractivity contribution in [1.29, 1.82) is 0 Å². The van der Waals surface area contributed by atoms with Gasteiger partial charge in [0.2, 0.25) is 0 Å². The first-order valence-electron chi connectivity index (χ1n) is 6.43. The van der Waals surface area contributed by atoms with Gasteiger partial charge in [0.25, 0.3) is 0 Å². The van der Waals surface area contributed by atoms with Gasteiger partial charge in [-0.15, -0.1) is 0 Å². The Morgan fingerprint density at radius 3 is 2.74 bits per heavy atom. The SMILES string of the molecule is Cc1cc(CNCC(C)C)cnc1-n1cc(I)cn1. The molecule has 0 aromatic carbocycles. The van der Waals surface area contributed by atoms with Crippen LogP contribution in [0, 0.1) is 16.4 Å². The molecule has 0 aliphatic heterocycles. The molecule has 1 N–H and O–H groups in total. The maximum absolute atomic E-state index is 4.52. The average Bonchev–Trinajstić information content (AvgIpc) is 2.75. The van der Waals surface area contributed by atoms with Crippen molar-refractivity contribution in [3.05, 3.63) is 39.4 Å². The van der Waals surface area contributed by atoms with Gasteiger partial charge in [-0.2, -0.15) is 5.10 Å². The van der Waals surface area contributed by atoms with E-state index in [1.165, 1.54) is 5.56 Å². The fourth-order valence-corrected chi connectivity index (χ4v) is 2.27. The fourth-order valence-electron chi connectivity index (χ4n) is 1.88. The summed E-state index contributed by atoms with van der Waals surface area (Å²) in [5.74, 6) is 1.56. The highest BCUT2D eigenvalue weighted by Gasteiger charge is 2.05. The summed E-state index contributed by atoms with van der Waals surface area (Å²) >= 11 is 2.25. The van der Waals surface area contributed by atoms with Crippen LogP contribution in [-0.4, -0.2) is 21.3 Å². The van der Waals surface area contributed by atoms with Gasteiger partial charge in [-0.3, -0.25) is 0 Å². The lowest BCUT2D eigenvalue weighted by molar-refractivity contribution is 0.551. The van der Waals surface area contributed by atoms with Gasteiger partial charge in [0.05, 0.1) is 9.77 Å². The van der Waals surface area contributed by atoms with Crippen molar-refractivity contribution in [2.24, 2.45) is 5.92 Å². The third-order valence-electron chi connectivity index (χ3n) is 2.76. The van der Waals surface area contributed by atoms with Gasteiger partial charge in [0, 0.05) is 18.9 Å². The molecule has 4 nitrogen and oxygen atoms in total. The second-order valence-electron chi connectivity index (χ2n) is 5.11. The van der Waals surface area contributed by atoms with Crippen LogP contribution in [0.15, 0.2) is 24.7 Å². The molecule has 2 aromatic heterocycles. The zero-order valence-corrected chi connectivity index (χ0v) is 13.7. The summed E-state index contributed by atoms with van der Waals surface area (Å²) < 4.78 is 2.93. The Morgan fingerprint density at radius 2 is 2.16 bits per heavy atom. The normalized spacial score (nSPS) is 11.2. The molecule has 5 heteroatoms. The average molecular weight is 370 g/mol. The minimum Gasteiger partial charge on any atom is -0.312 e. The van der Waals surface area contributed by atoms with Gasteiger partial charge in [-0.1, -0.05) is 13.8 Å². The van der Waals surface area contributed by atoms with Crippen molar-refractivity contribution in [3.8, 4) is 5.82 Å². The maximum atomic E-state index is 4.52. The van der Waals surface area contributed by atoms with E-state index in [9.17, 15) is 0 Å². The van der Waals surface area contributed by atoms with Crippen molar-refractivity contribution >= 4 is 22.6 Å². The van der Waals surface area contributed by atoms with E-state index in [0.717, 1.165) is 28.0 Å². The molecule has 0 radical (unpaired) electrons. The van der Waals surface area contributed by atoms with E-state index in [2.05, 4.69) is 64.8 Å². The number of halogens is 1. The molecule has 0 fully saturated rings. The Morgan fingerprint density at radius 1 is 1.37 bits per heavy atom. The zero-order chi connectivity index (χ0) is 13.8. The molecule has 2 rings (SSSR count). The quantitative estimate of drug-likeness (QED) is 0.824. The summed E-state index contributed by atoms with van der Waals surface area (Å²) in [7, 11) is 0. The first-order valence-corrected chi connectivity index (χ1v) is 7.51. The lowest BCUT2D eigenvalue weighted by atomic mass is 10.2. The summed E-state index contributed by atoms with van der Waals surface area (Å²) in [5, 5.41) is 7.72. The first kappa shape index (κ1) is 14.5. The first-order chi connectivity index (χ1) is 9.06. The number of rotatable bonds is 5. The molecule has 0 aliphatic carbocycles. The van der Waals surface area contributed by atoms with E-state index in [0.29, 0.717) is 5.92 Å². The molecule has 0 saturated carbocycles. The number of nitrogens with zero attached hydrogens (tertiary/aromatic N) is 3. The van der Waals surface area contributed by atoms with E-state index >= 15 is 0 Å². The fraction of sp³-hybridized carbons (Fsp3) is 0.429. The highest BCUT2D eigenvalue weighted by molar-refractivity contribution is 14.1. The summed E-state index contributed by atoms with van der Waals surface area (Å²) in [6.45, 7) is 8.38. The number of pyridine rings is 1. The monoisotopic (exact) mass is 370 g/mol. The van der Waals surface area contributed by atoms with Crippen LogP contribution < -0.4 is 5.32 Å². The van der Waals surface area contributed by atoms with E-state index in [1.807, 2.05) is 23.3 Å². The summed E-state index contributed by atoms with van der Waals surface area (Å²) in [6, 6.07) is 2.17. The number of aromatic nitrogens is 3. The largest absolute Gasteiger partial charge is 0.312 e. The lowest BCUT2D eigenvalue weighted by Gasteiger charge is -2.10. The highest BCUT2D eigenvalue weighted by atomic mass is 127. The van der Waals surface area contributed by atoms with Gasteiger partial charge in [-0.05, 0) is 59.2 Å². The molecule has 0 saturated heterocycles. The van der Waals surface area contributed by atoms with Crippen LogP contribution in [0.1, 0.15) is 25.0 Å². The predicted octanol–water partition coefficient (Wildman–Crippen LogP) is 2.93. The number of hydrogen-bond acceptors (Lipinski definition) is 3. The zero-order valence-electron chi connectivity index (χ0n) is 11.5. The molecular weight excluding hydrogens is 351 g/mol. The van der Waals surface area contributed by atoms with E-state index in [4.69, 9.17) is 0 Å². The summed E-state index contributed by atoms with van der Waals surface area (Å²) in [6.07, 6.45) is 5.73. The standard InChI is InChI=1S/C14H19IN4/c1-10(2)5-16-6-12-4-11(3)14(17-7-12)19-9-13(15)8-18-19/h4,7-10,16H,5-6H2,1-3H3. The highest BCUT2D eigenvalue weighted by Crippen LogP contribution is 2.13. The van der Waals surface area contributed by atoms with Gasteiger partial charge < -0.3 is 5.32 Å². The van der Waals surface area contributed by atoms with Crippen molar-refractivity contribution in [1.82, 2.24) is 20.1 Å². The van der Waals surface area contributed by atoms with E-state index in [1.54, 1.807) is 0 Å². The van der Waals surface area contributed by atoms with Crippen LogP contribution in [0.25, 0.3) is 5.82 Å². The van der Waals surface area contributed by atoms with Crippen LogP contribution in [0.3, 0.4) is 0 Å². The third kappa shape index (κ3) is 4.01. The van der Waals surface area contributed by atoms with Crippen LogP contribution in [0.5, 0.6) is 0 Å². The predicted molar refractivity (Wildman–Crippen MR) is 85.4 cm³/mol. The minimum absolute atomic E-state index is 0.666. The molecule has 102 valence electrons. The smallest absolute Gasteiger partial charge is 0.156 e. The van der Waals surface area contributed by atoms with Crippen molar-refractivity contribution in [2.75, 3.05) is 6.54 Å². The topological polar surface area (TPSA) is 42.7 Å². The molecule has 0 atom stereocenters. The molecule has 2 aromatic rings. The Kier molecular flexibility index (Phi) is 4.93. The molecule has 0 amide bonds. The van der Waals surface area contributed by atoms with E-state index in [-0.39, 0.29) is 0 Å². The van der Waals surface area contributed by atoms with Crippen LogP contribution in [-0.2, 0) is 6.54 Å². The molecule has 2 heterocycles. The Bertz CT molecular complexity index is 548. The van der Waals surface area contributed by atoms with Crippen LogP contribution in [0.4, 0.5) is 0 Å². The maximum Gasteiger partial charge on any atom is 0.156 e. The molecule has 0 aliphatic rings. The van der Waals surface area contributed by atoms with Crippen LogP contribution in [0.2, 0.25) is 0 Å². The second-order valence-corrected chi connectivity index (χ2v) is 6.36. The number of nitrogens with one attached hydrogen (secondary N) is 1. The molecule has 0 bridgehead atoms. The van der Waals surface area contributed by atoms with Gasteiger partial charge in [-0.25, -0.2) is 9.67 Å². The Hall–Kier alpha value is -0.950. The Labute approximate surface area is 127 Å². The van der Waals surface area contributed by atoms with Gasteiger partial charge in [0.15, 0.2) is 5.82 Å². The summed E-state index contributed by atoms with van der Waals surface area (Å²) in [5.41, 5.74) is 2.35. The molecule has 0 unspecified atom stereocenters. The second kappa shape index (κ2) is 6.47. The minimum atomic E-state index is 0.666. The molecule has 19 heavy (non-hydrogen) atoms. The van der Waals surface area contributed by atoms with Crippen LogP contribution >= 0.6 is 22.6 Å².